The first kappa shape index (κ1) is 15.2. The summed E-state index contributed by atoms with van der Waals surface area (Å²) in [5.41, 5.74) is 0.938. The Morgan fingerprint density at radius 2 is 2.05 bits per heavy atom. The SMILES string of the molecule is O=C(CCc1ccccc1C(=O)O)NCCc1nccs1. The van der Waals surface area contributed by atoms with Gasteiger partial charge in [-0.25, -0.2) is 9.78 Å². The van der Waals surface area contributed by atoms with Gasteiger partial charge in [0.1, 0.15) is 0 Å². The van der Waals surface area contributed by atoms with E-state index in [1.807, 2.05) is 5.38 Å². The van der Waals surface area contributed by atoms with Crippen LogP contribution in [0.2, 0.25) is 0 Å². The average Bonchev–Trinajstić information content (AvgIpc) is 2.98. The van der Waals surface area contributed by atoms with E-state index >= 15 is 0 Å². The van der Waals surface area contributed by atoms with Crippen LogP contribution in [0.25, 0.3) is 0 Å². The molecular formula is C15H16N2O3S. The van der Waals surface area contributed by atoms with E-state index < -0.39 is 5.97 Å². The standard InChI is InChI=1S/C15H16N2O3S/c18-13(16-8-7-14-17-9-10-21-14)6-5-11-3-1-2-4-12(11)15(19)20/h1-4,9-10H,5-8H2,(H,16,18)(H,19,20). The van der Waals surface area contributed by atoms with E-state index in [2.05, 4.69) is 10.3 Å². The number of carbonyl (C=O) groups is 2. The summed E-state index contributed by atoms with van der Waals surface area (Å²) in [7, 11) is 0. The molecule has 0 fully saturated rings. The lowest BCUT2D eigenvalue weighted by atomic mass is 10.0. The number of carbonyl (C=O) groups excluding carboxylic acids is 1. The molecule has 0 saturated heterocycles. The number of carboxylic acids is 1. The second-order valence-corrected chi connectivity index (χ2v) is 5.47. The number of hydrogen-bond donors (Lipinski definition) is 2. The molecule has 0 aliphatic rings. The fraction of sp³-hybridized carbons (Fsp3) is 0.267. The second kappa shape index (κ2) is 7.54. The molecule has 5 nitrogen and oxygen atoms in total. The number of carboxylic acid groups (broad SMARTS) is 1. The van der Waals surface area contributed by atoms with Gasteiger partial charge >= 0.3 is 5.97 Å². The number of thiazole rings is 1. The van der Waals surface area contributed by atoms with Gasteiger partial charge in [0.05, 0.1) is 10.6 Å². The summed E-state index contributed by atoms with van der Waals surface area (Å²) in [4.78, 5) is 27.0. The number of rotatable bonds is 7. The minimum absolute atomic E-state index is 0.0771. The van der Waals surface area contributed by atoms with Crippen molar-refractivity contribution in [2.45, 2.75) is 19.3 Å². The van der Waals surface area contributed by atoms with E-state index in [9.17, 15) is 9.59 Å². The molecule has 2 N–H and O–H groups in total. The van der Waals surface area contributed by atoms with E-state index in [-0.39, 0.29) is 17.9 Å². The van der Waals surface area contributed by atoms with E-state index in [1.165, 1.54) is 0 Å². The van der Waals surface area contributed by atoms with Crippen LogP contribution in [0.1, 0.15) is 27.3 Å². The van der Waals surface area contributed by atoms with Gasteiger partial charge in [0, 0.05) is 31.0 Å². The van der Waals surface area contributed by atoms with Crippen LogP contribution in [0.15, 0.2) is 35.8 Å². The zero-order valence-electron chi connectivity index (χ0n) is 11.4. The quantitative estimate of drug-likeness (QED) is 0.821. The molecule has 0 atom stereocenters. The second-order valence-electron chi connectivity index (χ2n) is 4.49. The lowest BCUT2D eigenvalue weighted by Crippen LogP contribution is -2.26. The number of aromatic carboxylic acids is 1. The molecule has 0 aliphatic carbocycles. The smallest absolute Gasteiger partial charge is 0.335 e. The molecule has 1 aromatic carbocycles. The van der Waals surface area contributed by atoms with Gasteiger partial charge in [0.2, 0.25) is 5.91 Å². The predicted octanol–water partition coefficient (Wildman–Crippen LogP) is 2.13. The van der Waals surface area contributed by atoms with Crippen molar-refractivity contribution in [1.29, 1.82) is 0 Å². The summed E-state index contributed by atoms with van der Waals surface area (Å²) in [5, 5.41) is 14.8. The van der Waals surface area contributed by atoms with Crippen molar-refractivity contribution in [3.8, 4) is 0 Å². The minimum atomic E-state index is -0.963. The fourth-order valence-corrected chi connectivity index (χ4v) is 2.59. The van der Waals surface area contributed by atoms with Gasteiger partial charge in [-0.15, -0.1) is 11.3 Å². The Balaban J connectivity index is 1.77. The van der Waals surface area contributed by atoms with Crippen LogP contribution in [0.3, 0.4) is 0 Å². The zero-order chi connectivity index (χ0) is 15.1. The molecule has 0 saturated carbocycles. The number of amides is 1. The zero-order valence-corrected chi connectivity index (χ0v) is 12.2. The van der Waals surface area contributed by atoms with Crippen molar-refractivity contribution in [2.24, 2.45) is 0 Å². The van der Waals surface area contributed by atoms with Gasteiger partial charge in [-0.3, -0.25) is 4.79 Å². The molecule has 1 heterocycles. The molecule has 21 heavy (non-hydrogen) atoms. The molecule has 6 heteroatoms. The summed E-state index contributed by atoms with van der Waals surface area (Å²) in [6, 6.07) is 6.76. The molecule has 0 aliphatic heterocycles. The maximum absolute atomic E-state index is 11.8. The minimum Gasteiger partial charge on any atom is -0.478 e. The molecule has 0 bridgehead atoms. The number of hydrogen-bond acceptors (Lipinski definition) is 4. The van der Waals surface area contributed by atoms with Gasteiger partial charge < -0.3 is 10.4 Å². The molecule has 0 radical (unpaired) electrons. The van der Waals surface area contributed by atoms with E-state index in [1.54, 1.807) is 41.8 Å². The molecule has 1 amide bonds. The highest BCUT2D eigenvalue weighted by molar-refractivity contribution is 7.09. The molecule has 2 rings (SSSR count). The summed E-state index contributed by atoms with van der Waals surface area (Å²) >= 11 is 1.56. The van der Waals surface area contributed by atoms with E-state index in [0.717, 1.165) is 11.4 Å². The normalized spacial score (nSPS) is 10.3. The highest BCUT2D eigenvalue weighted by atomic mass is 32.1. The van der Waals surface area contributed by atoms with Crippen LogP contribution >= 0.6 is 11.3 Å². The topological polar surface area (TPSA) is 79.3 Å². The van der Waals surface area contributed by atoms with Crippen LogP contribution in [0.4, 0.5) is 0 Å². The Morgan fingerprint density at radius 1 is 1.24 bits per heavy atom. The summed E-state index contributed by atoms with van der Waals surface area (Å²) in [6.45, 7) is 0.549. The molecular weight excluding hydrogens is 288 g/mol. The first-order valence-corrected chi connectivity index (χ1v) is 7.51. The van der Waals surface area contributed by atoms with Crippen LogP contribution in [-0.2, 0) is 17.6 Å². The van der Waals surface area contributed by atoms with Gasteiger partial charge in [0.25, 0.3) is 0 Å². The lowest BCUT2D eigenvalue weighted by molar-refractivity contribution is -0.121. The Labute approximate surface area is 126 Å². The predicted molar refractivity (Wildman–Crippen MR) is 80.6 cm³/mol. The van der Waals surface area contributed by atoms with Gasteiger partial charge in [0.15, 0.2) is 0 Å². The van der Waals surface area contributed by atoms with Gasteiger partial charge in [-0.1, -0.05) is 18.2 Å². The molecule has 0 unspecified atom stereocenters. The van der Waals surface area contributed by atoms with Crippen LogP contribution in [-0.4, -0.2) is 28.5 Å². The first-order valence-electron chi connectivity index (χ1n) is 6.63. The van der Waals surface area contributed by atoms with Gasteiger partial charge in [-0.05, 0) is 18.1 Å². The van der Waals surface area contributed by atoms with Crippen molar-refractivity contribution in [3.05, 3.63) is 52.0 Å². The summed E-state index contributed by atoms with van der Waals surface area (Å²) in [6.07, 6.45) is 3.16. The van der Waals surface area contributed by atoms with Crippen molar-refractivity contribution in [1.82, 2.24) is 10.3 Å². The Morgan fingerprint density at radius 3 is 2.76 bits per heavy atom. The van der Waals surface area contributed by atoms with Crippen molar-refractivity contribution in [2.75, 3.05) is 6.54 Å². The molecule has 110 valence electrons. The van der Waals surface area contributed by atoms with Crippen LogP contribution in [0.5, 0.6) is 0 Å². The van der Waals surface area contributed by atoms with Crippen molar-refractivity contribution in [3.63, 3.8) is 0 Å². The Bertz CT molecular complexity index is 611. The Hall–Kier alpha value is -2.21. The maximum Gasteiger partial charge on any atom is 0.335 e. The number of aromatic nitrogens is 1. The molecule has 1 aromatic heterocycles. The fourth-order valence-electron chi connectivity index (χ4n) is 1.97. The molecule has 2 aromatic rings. The number of aryl methyl sites for hydroxylation is 1. The maximum atomic E-state index is 11.8. The molecule has 0 spiro atoms. The van der Waals surface area contributed by atoms with Crippen molar-refractivity contribution < 1.29 is 14.7 Å². The average molecular weight is 304 g/mol. The Kier molecular flexibility index (Phi) is 5.45. The third kappa shape index (κ3) is 4.68. The lowest BCUT2D eigenvalue weighted by Gasteiger charge is -2.06. The van der Waals surface area contributed by atoms with Gasteiger partial charge in [-0.2, -0.15) is 0 Å². The number of nitrogens with one attached hydrogen (secondary N) is 1. The number of nitrogens with zero attached hydrogens (tertiary/aromatic N) is 1. The van der Waals surface area contributed by atoms with E-state index in [0.29, 0.717) is 18.5 Å². The third-order valence-corrected chi connectivity index (χ3v) is 3.85. The monoisotopic (exact) mass is 304 g/mol. The van der Waals surface area contributed by atoms with Crippen LogP contribution in [0, 0.1) is 0 Å². The largest absolute Gasteiger partial charge is 0.478 e. The number of benzene rings is 1. The third-order valence-electron chi connectivity index (χ3n) is 3.01. The van der Waals surface area contributed by atoms with Crippen molar-refractivity contribution >= 4 is 23.2 Å². The highest BCUT2D eigenvalue weighted by Crippen LogP contribution is 2.11. The summed E-state index contributed by atoms with van der Waals surface area (Å²) < 4.78 is 0. The van der Waals surface area contributed by atoms with E-state index in [4.69, 9.17) is 5.11 Å². The highest BCUT2D eigenvalue weighted by Gasteiger charge is 2.10. The summed E-state index contributed by atoms with van der Waals surface area (Å²) in [5.74, 6) is -1.04. The van der Waals surface area contributed by atoms with Crippen LogP contribution < -0.4 is 5.32 Å². The first-order chi connectivity index (χ1) is 10.2.